The Morgan fingerprint density at radius 3 is 2.27 bits per heavy atom. The first-order chi connectivity index (χ1) is 7.35. The molecule has 1 aliphatic rings. The summed E-state index contributed by atoms with van der Waals surface area (Å²) in [4.78, 5) is 0. The molecule has 2 rings (SSSR count). The standard InChI is InChI=1S/C13H18O2/c1-14-12-8-7-11(9-13(12)15-2)10-5-3-4-6-10/h7-10H,3-6H2,1-2H3. The molecule has 82 valence electrons. The van der Waals surface area contributed by atoms with E-state index in [1.165, 1.54) is 31.2 Å². The Balaban J connectivity index is 2.25. The van der Waals surface area contributed by atoms with Crippen molar-refractivity contribution in [3.63, 3.8) is 0 Å². The minimum Gasteiger partial charge on any atom is -0.493 e. The molecule has 0 amide bonds. The molecular weight excluding hydrogens is 188 g/mol. The summed E-state index contributed by atoms with van der Waals surface area (Å²) in [7, 11) is 3.36. The lowest BCUT2D eigenvalue weighted by molar-refractivity contribution is 0.354. The number of hydrogen-bond donors (Lipinski definition) is 0. The first-order valence-corrected chi connectivity index (χ1v) is 5.57. The van der Waals surface area contributed by atoms with Crippen LogP contribution in [0.4, 0.5) is 0 Å². The monoisotopic (exact) mass is 206 g/mol. The quantitative estimate of drug-likeness (QED) is 0.755. The molecule has 2 nitrogen and oxygen atoms in total. The largest absolute Gasteiger partial charge is 0.493 e. The fourth-order valence-corrected chi connectivity index (χ4v) is 2.37. The SMILES string of the molecule is COc1ccc(C2CCCC2)cc1OC. The van der Waals surface area contributed by atoms with Gasteiger partial charge in [-0.15, -0.1) is 0 Å². The van der Waals surface area contributed by atoms with Crippen molar-refractivity contribution in [3.05, 3.63) is 23.8 Å². The highest BCUT2D eigenvalue weighted by Gasteiger charge is 2.18. The van der Waals surface area contributed by atoms with Gasteiger partial charge in [0.15, 0.2) is 11.5 Å². The Morgan fingerprint density at radius 2 is 1.67 bits per heavy atom. The van der Waals surface area contributed by atoms with Crippen LogP contribution in [0.25, 0.3) is 0 Å². The highest BCUT2D eigenvalue weighted by Crippen LogP contribution is 2.37. The summed E-state index contributed by atoms with van der Waals surface area (Å²) in [6, 6.07) is 6.29. The Morgan fingerprint density at radius 1 is 1.00 bits per heavy atom. The van der Waals surface area contributed by atoms with Crippen molar-refractivity contribution in [1.82, 2.24) is 0 Å². The zero-order valence-electron chi connectivity index (χ0n) is 9.45. The van der Waals surface area contributed by atoms with Gasteiger partial charge in [-0.25, -0.2) is 0 Å². The van der Waals surface area contributed by atoms with E-state index in [0.29, 0.717) is 0 Å². The summed E-state index contributed by atoms with van der Waals surface area (Å²) >= 11 is 0. The van der Waals surface area contributed by atoms with Gasteiger partial charge in [0.1, 0.15) is 0 Å². The second-order valence-electron chi connectivity index (χ2n) is 4.10. The lowest BCUT2D eigenvalue weighted by Crippen LogP contribution is -1.95. The smallest absolute Gasteiger partial charge is 0.160 e. The molecule has 1 fully saturated rings. The fourth-order valence-electron chi connectivity index (χ4n) is 2.37. The van der Waals surface area contributed by atoms with E-state index >= 15 is 0 Å². The fraction of sp³-hybridized carbons (Fsp3) is 0.538. The first-order valence-electron chi connectivity index (χ1n) is 5.57. The number of hydrogen-bond acceptors (Lipinski definition) is 2. The molecule has 0 unspecified atom stereocenters. The van der Waals surface area contributed by atoms with Crippen molar-refractivity contribution in [1.29, 1.82) is 0 Å². The molecule has 0 saturated heterocycles. The second kappa shape index (κ2) is 4.56. The van der Waals surface area contributed by atoms with Crippen molar-refractivity contribution in [2.24, 2.45) is 0 Å². The molecule has 0 radical (unpaired) electrons. The maximum Gasteiger partial charge on any atom is 0.160 e. The van der Waals surface area contributed by atoms with Gasteiger partial charge in [-0.3, -0.25) is 0 Å². The van der Waals surface area contributed by atoms with E-state index in [-0.39, 0.29) is 0 Å². The average molecular weight is 206 g/mol. The predicted molar refractivity (Wildman–Crippen MR) is 60.8 cm³/mol. The summed E-state index contributed by atoms with van der Waals surface area (Å²) in [5, 5.41) is 0. The summed E-state index contributed by atoms with van der Waals surface area (Å²) in [5.41, 5.74) is 1.39. The summed E-state index contributed by atoms with van der Waals surface area (Å²) in [5.74, 6) is 2.39. The van der Waals surface area contributed by atoms with Crippen molar-refractivity contribution >= 4 is 0 Å². The van der Waals surface area contributed by atoms with Crippen molar-refractivity contribution in [2.75, 3.05) is 14.2 Å². The molecule has 0 atom stereocenters. The maximum absolute atomic E-state index is 5.31. The Bertz CT molecular complexity index is 327. The van der Waals surface area contributed by atoms with Gasteiger partial charge >= 0.3 is 0 Å². The highest BCUT2D eigenvalue weighted by atomic mass is 16.5. The van der Waals surface area contributed by atoms with Gasteiger partial charge < -0.3 is 9.47 Å². The normalized spacial score (nSPS) is 16.7. The Kier molecular flexibility index (Phi) is 3.14. The van der Waals surface area contributed by atoms with Crippen LogP contribution in [0.2, 0.25) is 0 Å². The van der Waals surface area contributed by atoms with Crippen LogP contribution in [-0.2, 0) is 0 Å². The van der Waals surface area contributed by atoms with E-state index in [9.17, 15) is 0 Å². The number of benzene rings is 1. The summed E-state index contributed by atoms with van der Waals surface area (Å²) in [6.45, 7) is 0. The molecule has 1 aromatic carbocycles. The van der Waals surface area contributed by atoms with Gasteiger partial charge in [0.2, 0.25) is 0 Å². The van der Waals surface area contributed by atoms with Crippen LogP contribution in [-0.4, -0.2) is 14.2 Å². The highest BCUT2D eigenvalue weighted by molar-refractivity contribution is 5.44. The van der Waals surface area contributed by atoms with Crippen LogP contribution < -0.4 is 9.47 Å². The molecular formula is C13H18O2. The molecule has 1 aromatic rings. The molecule has 0 heterocycles. The Labute approximate surface area is 91.2 Å². The molecule has 0 bridgehead atoms. The van der Waals surface area contributed by atoms with E-state index in [1.807, 2.05) is 6.07 Å². The van der Waals surface area contributed by atoms with Gasteiger partial charge in [-0.05, 0) is 36.5 Å². The van der Waals surface area contributed by atoms with Crippen LogP contribution >= 0.6 is 0 Å². The predicted octanol–water partition coefficient (Wildman–Crippen LogP) is 3.36. The first kappa shape index (κ1) is 10.3. The second-order valence-corrected chi connectivity index (χ2v) is 4.10. The van der Waals surface area contributed by atoms with Gasteiger partial charge in [-0.2, -0.15) is 0 Å². The summed E-state index contributed by atoms with van der Waals surface area (Å²) in [6.07, 6.45) is 5.35. The van der Waals surface area contributed by atoms with Crippen LogP contribution in [0.3, 0.4) is 0 Å². The van der Waals surface area contributed by atoms with Crippen LogP contribution in [0.5, 0.6) is 11.5 Å². The van der Waals surface area contributed by atoms with Crippen LogP contribution in [0, 0.1) is 0 Å². The molecule has 0 N–H and O–H groups in total. The molecule has 15 heavy (non-hydrogen) atoms. The van der Waals surface area contributed by atoms with E-state index in [4.69, 9.17) is 9.47 Å². The minimum atomic E-state index is 0.727. The van der Waals surface area contributed by atoms with Gasteiger partial charge in [0, 0.05) is 0 Å². The van der Waals surface area contributed by atoms with Crippen LogP contribution in [0.1, 0.15) is 37.2 Å². The van der Waals surface area contributed by atoms with Crippen molar-refractivity contribution in [2.45, 2.75) is 31.6 Å². The van der Waals surface area contributed by atoms with E-state index < -0.39 is 0 Å². The van der Waals surface area contributed by atoms with Crippen molar-refractivity contribution in [3.8, 4) is 11.5 Å². The molecule has 0 spiro atoms. The zero-order valence-corrected chi connectivity index (χ0v) is 9.45. The van der Waals surface area contributed by atoms with Crippen LogP contribution in [0.15, 0.2) is 18.2 Å². The third kappa shape index (κ3) is 2.09. The molecule has 0 aliphatic heterocycles. The minimum absolute atomic E-state index is 0.727. The van der Waals surface area contributed by atoms with Gasteiger partial charge in [-0.1, -0.05) is 18.9 Å². The average Bonchev–Trinajstić information content (AvgIpc) is 2.81. The number of ether oxygens (including phenoxy) is 2. The third-order valence-corrected chi connectivity index (χ3v) is 3.23. The molecule has 0 aromatic heterocycles. The van der Waals surface area contributed by atoms with Crippen molar-refractivity contribution < 1.29 is 9.47 Å². The molecule has 1 saturated carbocycles. The number of methoxy groups -OCH3 is 2. The lowest BCUT2D eigenvalue weighted by Gasteiger charge is -2.13. The van der Waals surface area contributed by atoms with Gasteiger partial charge in [0.05, 0.1) is 14.2 Å². The Hall–Kier alpha value is -1.18. The van der Waals surface area contributed by atoms with E-state index in [2.05, 4.69) is 12.1 Å². The maximum atomic E-state index is 5.31. The third-order valence-electron chi connectivity index (χ3n) is 3.23. The van der Waals surface area contributed by atoms with Gasteiger partial charge in [0.25, 0.3) is 0 Å². The van der Waals surface area contributed by atoms with E-state index in [0.717, 1.165) is 17.4 Å². The topological polar surface area (TPSA) is 18.5 Å². The van der Waals surface area contributed by atoms with E-state index in [1.54, 1.807) is 14.2 Å². The number of rotatable bonds is 3. The zero-order chi connectivity index (χ0) is 10.7. The molecule has 2 heteroatoms. The summed E-state index contributed by atoms with van der Waals surface area (Å²) < 4.78 is 10.5. The lowest BCUT2D eigenvalue weighted by atomic mass is 9.97. The molecule has 1 aliphatic carbocycles.